The number of halogens is 4. The number of ether oxygens (including phenoxy) is 1. The van der Waals surface area contributed by atoms with Gasteiger partial charge in [-0.3, -0.25) is 9.98 Å². The fraction of sp³-hybridized carbons (Fsp3) is 0.200. The van der Waals surface area contributed by atoms with Crippen LogP contribution in [0.1, 0.15) is 11.1 Å². The number of nitrogens with one attached hydrogen (secondary N) is 2. The van der Waals surface area contributed by atoms with Gasteiger partial charge in [0, 0.05) is 42.3 Å². The average molecular weight is 533 g/mol. The van der Waals surface area contributed by atoms with Crippen LogP contribution < -0.4 is 15.4 Å². The van der Waals surface area contributed by atoms with Crippen LogP contribution in [-0.4, -0.2) is 24.6 Å². The van der Waals surface area contributed by atoms with Crippen LogP contribution >= 0.6 is 35.6 Å². The van der Waals surface area contributed by atoms with Gasteiger partial charge in [-0.2, -0.15) is 8.78 Å². The number of fused-ring (bicyclic) bond motifs is 1. The first-order valence-corrected chi connectivity index (χ1v) is 8.95. The maximum atomic E-state index is 12.6. The van der Waals surface area contributed by atoms with Crippen molar-refractivity contribution in [1.29, 1.82) is 0 Å². The predicted octanol–water partition coefficient (Wildman–Crippen LogP) is 4.97. The van der Waals surface area contributed by atoms with E-state index in [1.54, 1.807) is 19.3 Å². The van der Waals surface area contributed by atoms with Crippen molar-refractivity contribution < 1.29 is 13.5 Å². The summed E-state index contributed by atoms with van der Waals surface area (Å²) in [6, 6.07) is 14.4. The number of hydrogen-bond acceptors (Lipinski definition) is 3. The molecule has 0 radical (unpaired) electrons. The van der Waals surface area contributed by atoms with Crippen LogP contribution in [0.3, 0.4) is 0 Å². The van der Waals surface area contributed by atoms with Crippen molar-refractivity contribution in [2.45, 2.75) is 19.7 Å². The molecule has 0 fully saturated rings. The van der Waals surface area contributed by atoms with Gasteiger partial charge in [-0.05, 0) is 29.8 Å². The highest BCUT2D eigenvalue weighted by Gasteiger charge is 2.11. The van der Waals surface area contributed by atoms with E-state index in [-0.39, 0.29) is 36.3 Å². The van der Waals surface area contributed by atoms with E-state index in [1.165, 1.54) is 12.1 Å². The molecule has 0 saturated carbocycles. The van der Waals surface area contributed by atoms with Crippen molar-refractivity contribution in [2.75, 3.05) is 7.05 Å². The number of hydrogen-bond donors (Lipinski definition) is 2. The molecule has 0 aliphatic rings. The molecule has 0 aliphatic carbocycles. The quantitative estimate of drug-likeness (QED) is 0.267. The number of pyridine rings is 1. The molecule has 5 nitrogen and oxygen atoms in total. The van der Waals surface area contributed by atoms with E-state index in [2.05, 4.69) is 25.3 Å². The number of alkyl halides is 2. The van der Waals surface area contributed by atoms with E-state index in [1.807, 2.05) is 30.3 Å². The van der Waals surface area contributed by atoms with E-state index in [0.29, 0.717) is 23.1 Å². The molecule has 2 N–H and O–H groups in total. The molecule has 3 rings (SSSR count). The fourth-order valence-corrected chi connectivity index (χ4v) is 2.98. The lowest BCUT2D eigenvalue weighted by Crippen LogP contribution is -2.36. The van der Waals surface area contributed by atoms with E-state index in [0.717, 1.165) is 16.5 Å². The first-order chi connectivity index (χ1) is 13.6. The fourth-order valence-electron chi connectivity index (χ4n) is 2.79. The highest BCUT2D eigenvalue weighted by Crippen LogP contribution is 2.24. The number of aliphatic imine (C=N–C) groups is 1. The van der Waals surface area contributed by atoms with Crippen molar-refractivity contribution in [3.63, 3.8) is 0 Å². The highest BCUT2D eigenvalue weighted by atomic mass is 127. The van der Waals surface area contributed by atoms with Crippen molar-refractivity contribution in [3.8, 4) is 5.75 Å². The molecule has 29 heavy (non-hydrogen) atoms. The largest absolute Gasteiger partial charge is 0.434 e. The molecule has 1 heterocycles. The van der Waals surface area contributed by atoms with Crippen LogP contribution in [0.2, 0.25) is 5.02 Å². The average Bonchev–Trinajstić information content (AvgIpc) is 2.69. The number of rotatable bonds is 6. The second-order valence-electron chi connectivity index (χ2n) is 5.90. The van der Waals surface area contributed by atoms with Gasteiger partial charge in [0.1, 0.15) is 5.75 Å². The third-order valence-electron chi connectivity index (χ3n) is 4.07. The van der Waals surface area contributed by atoms with Gasteiger partial charge in [0.25, 0.3) is 0 Å². The Morgan fingerprint density at radius 2 is 1.83 bits per heavy atom. The Kier molecular flexibility index (Phi) is 8.84. The summed E-state index contributed by atoms with van der Waals surface area (Å²) in [5.74, 6) is 0.580. The lowest BCUT2D eigenvalue weighted by atomic mass is 10.1. The first kappa shape index (κ1) is 23.1. The molecule has 0 saturated heterocycles. The molecule has 0 atom stereocenters. The SMILES string of the molecule is CN=C(NCc1cc(Cl)ccc1OC(F)F)NCc1cccc2cccnc12.I. The summed E-state index contributed by atoms with van der Waals surface area (Å²) < 4.78 is 29.7. The van der Waals surface area contributed by atoms with Gasteiger partial charge in [0.2, 0.25) is 0 Å². The van der Waals surface area contributed by atoms with Crippen LogP contribution in [-0.2, 0) is 13.1 Å². The maximum Gasteiger partial charge on any atom is 0.387 e. The summed E-state index contributed by atoms with van der Waals surface area (Å²) in [6.45, 7) is -2.18. The van der Waals surface area contributed by atoms with Gasteiger partial charge in [0.05, 0.1) is 5.52 Å². The van der Waals surface area contributed by atoms with E-state index < -0.39 is 6.61 Å². The first-order valence-electron chi connectivity index (χ1n) is 8.57. The standard InChI is InChI=1S/C20H19ClF2N4O.HI/c1-24-20(26-11-14-5-2-4-13-6-3-9-25-18(13)14)27-12-15-10-16(21)7-8-17(15)28-19(22)23;/h2-10,19H,11-12H2,1H3,(H2,24,26,27);1H. The van der Waals surface area contributed by atoms with Gasteiger partial charge in [-0.25, -0.2) is 0 Å². The van der Waals surface area contributed by atoms with Crippen molar-refractivity contribution >= 4 is 52.4 Å². The predicted molar refractivity (Wildman–Crippen MR) is 122 cm³/mol. The third-order valence-corrected chi connectivity index (χ3v) is 4.31. The molecule has 0 unspecified atom stereocenters. The number of para-hydroxylation sites is 1. The minimum atomic E-state index is -2.91. The van der Waals surface area contributed by atoms with Crippen LogP contribution in [0.4, 0.5) is 8.78 Å². The maximum absolute atomic E-state index is 12.6. The molecule has 154 valence electrons. The van der Waals surface area contributed by atoms with Gasteiger partial charge >= 0.3 is 6.61 Å². The number of guanidine groups is 1. The van der Waals surface area contributed by atoms with E-state index >= 15 is 0 Å². The molecule has 0 aliphatic heterocycles. The van der Waals surface area contributed by atoms with Gasteiger partial charge in [0.15, 0.2) is 5.96 Å². The molecular weight excluding hydrogens is 513 g/mol. The highest BCUT2D eigenvalue weighted by molar-refractivity contribution is 14.0. The van der Waals surface area contributed by atoms with Crippen LogP contribution in [0.5, 0.6) is 5.75 Å². The Labute approximate surface area is 189 Å². The van der Waals surface area contributed by atoms with Gasteiger partial charge in [-0.1, -0.05) is 35.9 Å². The lowest BCUT2D eigenvalue weighted by Gasteiger charge is -2.15. The summed E-state index contributed by atoms with van der Waals surface area (Å²) in [7, 11) is 1.63. The summed E-state index contributed by atoms with van der Waals surface area (Å²) in [6.07, 6.45) is 1.75. The van der Waals surface area contributed by atoms with Crippen LogP contribution in [0.25, 0.3) is 10.9 Å². The lowest BCUT2D eigenvalue weighted by molar-refractivity contribution is -0.0504. The molecule has 0 spiro atoms. The van der Waals surface area contributed by atoms with Crippen molar-refractivity contribution in [2.24, 2.45) is 4.99 Å². The van der Waals surface area contributed by atoms with Crippen LogP contribution in [0.15, 0.2) is 59.7 Å². The summed E-state index contributed by atoms with van der Waals surface area (Å²) >= 11 is 5.98. The molecule has 1 aromatic heterocycles. The zero-order valence-corrected chi connectivity index (χ0v) is 18.6. The normalized spacial score (nSPS) is 11.3. The molecule has 0 amide bonds. The summed E-state index contributed by atoms with van der Waals surface area (Å²) in [5.41, 5.74) is 2.43. The van der Waals surface area contributed by atoms with Crippen molar-refractivity contribution in [3.05, 3.63) is 70.9 Å². The summed E-state index contributed by atoms with van der Waals surface area (Å²) in [4.78, 5) is 8.59. The minimum Gasteiger partial charge on any atom is -0.434 e. The zero-order valence-electron chi connectivity index (χ0n) is 15.5. The van der Waals surface area contributed by atoms with Crippen LogP contribution in [0, 0.1) is 0 Å². The topological polar surface area (TPSA) is 58.5 Å². The Hall–Kier alpha value is -2.20. The second kappa shape index (κ2) is 11.1. The molecular formula is C20H20ClF2IN4O. The Morgan fingerprint density at radius 1 is 1.10 bits per heavy atom. The minimum absolute atomic E-state index is 0. The Bertz CT molecular complexity index is 982. The summed E-state index contributed by atoms with van der Waals surface area (Å²) in [5, 5.41) is 7.77. The number of nitrogens with zero attached hydrogens (tertiary/aromatic N) is 2. The smallest absolute Gasteiger partial charge is 0.387 e. The van der Waals surface area contributed by atoms with Gasteiger partial charge < -0.3 is 15.4 Å². The number of benzene rings is 2. The van der Waals surface area contributed by atoms with E-state index in [4.69, 9.17) is 11.6 Å². The molecule has 9 heteroatoms. The Morgan fingerprint density at radius 3 is 2.55 bits per heavy atom. The Balaban J connectivity index is 0.00000300. The third kappa shape index (κ3) is 6.40. The van der Waals surface area contributed by atoms with E-state index in [9.17, 15) is 8.78 Å². The monoisotopic (exact) mass is 532 g/mol. The molecule has 0 bridgehead atoms. The number of aromatic nitrogens is 1. The van der Waals surface area contributed by atoms with Crippen molar-refractivity contribution in [1.82, 2.24) is 15.6 Å². The zero-order chi connectivity index (χ0) is 19.9. The van der Waals surface area contributed by atoms with Gasteiger partial charge in [-0.15, -0.1) is 24.0 Å². The molecule has 3 aromatic rings. The molecule has 2 aromatic carbocycles. The second-order valence-corrected chi connectivity index (χ2v) is 6.34.